The Kier molecular flexibility index (Phi) is 2.57. The van der Waals surface area contributed by atoms with E-state index in [2.05, 4.69) is 25.2 Å². The highest BCUT2D eigenvalue weighted by molar-refractivity contribution is 5.93. The standard InChI is InChI=1S/C12H9N5O2/c18-11-10(7-3-1-2-4-8(7)14-11)17-16-9-5-6-13-12(19)15-9/h1-6,14,18H,(H,13,15,19). The van der Waals surface area contributed by atoms with Gasteiger partial charge >= 0.3 is 5.69 Å². The van der Waals surface area contributed by atoms with Gasteiger partial charge in [0, 0.05) is 17.6 Å². The molecule has 0 saturated carbocycles. The average molecular weight is 255 g/mol. The van der Waals surface area contributed by atoms with Gasteiger partial charge in [-0.15, -0.1) is 10.2 Å². The number of para-hydroxylation sites is 1. The number of hydrogen-bond donors (Lipinski definition) is 3. The Bertz CT molecular complexity index is 818. The van der Waals surface area contributed by atoms with Crippen molar-refractivity contribution in [2.24, 2.45) is 10.2 Å². The zero-order valence-corrected chi connectivity index (χ0v) is 9.66. The number of aromatic amines is 2. The summed E-state index contributed by atoms with van der Waals surface area (Å²) in [6, 6.07) is 8.83. The summed E-state index contributed by atoms with van der Waals surface area (Å²) in [4.78, 5) is 19.7. The highest BCUT2D eigenvalue weighted by atomic mass is 16.3. The van der Waals surface area contributed by atoms with E-state index >= 15 is 0 Å². The topological polar surface area (TPSA) is 106 Å². The lowest BCUT2D eigenvalue weighted by atomic mass is 10.2. The molecule has 0 aliphatic carbocycles. The molecule has 0 radical (unpaired) electrons. The number of azo groups is 1. The zero-order chi connectivity index (χ0) is 13.2. The van der Waals surface area contributed by atoms with E-state index in [1.807, 2.05) is 24.3 Å². The third kappa shape index (κ3) is 2.08. The minimum absolute atomic E-state index is 0.0682. The van der Waals surface area contributed by atoms with Gasteiger partial charge in [-0.25, -0.2) is 9.78 Å². The number of nitrogens with one attached hydrogen (secondary N) is 2. The van der Waals surface area contributed by atoms with Crippen LogP contribution in [0.2, 0.25) is 0 Å². The Morgan fingerprint density at radius 3 is 2.79 bits per heavy atom. The first-order valence-corrected chi connectivity index (χ1v) is 5.51. The fourth-order valence-electron chi connectivity index (χ4n) is 1.74. The van der Waals surface area contributed by atoms with Crippen LogP contribution in [0.15, 0.2) is 51.6 Å². The molecule has 1 aromatic carbocycles. The molecule has 2 aromatic heterocycles. The van der Waals surface area contributed by atoms with Gasteiger partial charge in [-0.2, -0.15) is 0 Å². The Hall–Kier alpha value is -2.96. The summed E-state index contributed by atoms with van der Waals surface area (Å²) in [5, 5.41) is 18.3. The second-order valence-corrected chi connectivity index (χ2v) is 3.83. The first-order chi connectivity index (χ1) is 9.24. The van der Waals surface area contributed by atoms with Crippen LogP contribution in [0, 0.1) is 0 Å². The van der Waals surface area contributed by atoms with Gasteiger partial charge in [0.05, 0.1) is 5.52 Å². The molecular weight excluding hydrogens is 246 g/mol. The Morgan fingerprint density at radius 1 is 1.11 bits per heavy atom. The van der Waals surface area contributed by atoms with E-state index in [0.29, 0.717) is 5.69 Å². The van der Waals surface area contributed by atoms with Crippen molar-refractivity contribution < 1.29 is 5.11 Å². The molecular formula is C12H9N5O2. The van der Waals surface area contributed by atoms with Crippen molar-refractivity contribution in [1.82, 2.24) is 15.0 Å². The highest BCUT2D eigenvalue weighted by Crippen LogP contribution is 2.35. The summed E-state index contributed by atoms with van der Waals surface area (Å²) in [5.41, 5.74) is 0.588. The van der Waals surface area contributed by atoms with Crippen molar-refractivity contribution in [1.29, 1.82) is 0 Å². The molecule has 19 heavy (non-hydrogen) atoms. The third-order valence-electron chi connectivity index (χ3n) is 2.58. The SMILES string of the molecule is O=c1nccc(N=Nc2c(O)[nH]c3ccccc23)[nH]1. The molecule has 0 atom stereocenters. The van der Waals surface area contributed by atoms with E-state index in [0.717, 1.165) is 10.9 Å². The van der Waals surface area contributed by atoms with Crippen LogP contribution in [0.4, 0.5) is 11.5 Å². The summed E-state index contributed by atoms with van der Waals surface area (Å²) in [7, 11) is 0. The summed E-state index contributed by atoms with van der Waals surface area (Å²) in [6.07, 6.45) is 1.34. The molecule has 0 bridgehead atoms. The fraction of sp³-hybridized carbons (Fsp3) is 0. The summed E-state index contributed by atoms with van der Waals surface area (Å²) in [5.74, 6) is 0.200. The molecule has 7 heteroatoms. The van der Waals surface area contributed by atoms with Crippen molar-refractivity contribution in [2.45, 2.75) is 0 Å². The minimum atomic E-state index is -0.500. The van der Waals surface area contributed by atoms with E-state index in [9.17, 15) is 9.90 Å². The Morgan fingerprint density at radius 2 is 1.95 bits per heavy atom. The minimum Gasteiger partial charge on any atom is -0.493 e. The predicted octanol–water partition coefficient (Wildman–Crippen LogP) is 2.37. The first kappa shape index (κ1) is 11.1. The lowest BCUT2D eigenvalue weighted by Crippen LogP contribution is -2.06. The normalized spacial score (nSPS) is 11.4. The highest BCUT2D eigenvalue weighted by Gasteiger charge is 2.09. The van der Waals surface area contributed by atoms with Gasteiger partial charge in [-0.1, -0.05) is 18.2 Å². The molecule has 0 saturated heterocycles. The molecule has 7 nitrogen and oxygen atoms in total. The third-order valence-corrected chi connectivity index (χ3v) is 2.58. The maximum absolute atomic E-state index is 11.0. The van der Waals surface area contributed by atoms with Gasteiger partial charge in [0.2, 0.25) is 5.88 Å². The molecule has 94 valence electrons. The van der Waals surface area contributed by atoms with Crippen LogP contribution in [0.1, 0.15) is 0 Å². The van der Waals surface area contributed by atoms with Crippen molar-refractivity contribution in [3.05, 3.63) is 47.0 Å². The average Bonchev–Trinajstić information content (AvgIpc) is 2.72. The molecule has 3 rings (SSSR count). The van der Waals surface area contributed by atoms with Gasteiger partial charge in [0.15, 0.2) is 11.5 Å². The number of H-pyrrole nitrogens is 2. The second-order valence-electron chi connectivity index (χ2n) is 3.83. The van der Waals surface area contributed by atoms with Crippen LogP contribution in [0.25, 0.3) is 10.9 Å². The molecule has 2 heterocycles. The van der Waals surface area contributed by atoms with Crippen molar-refractivity contribution in [3.63, 3.8) is 0 Å². The maximum atomic E-state index is 11.0. The molecule has 3 aromatic rings. The molecule has 0 spiro atoms. The van der Waals surface area contributed by atoms with E-state index < -0.39 is 5.69 Å². The van der Waals surface area contributed by atoms with Crippen LogP contribution in [-0.4, -0.2) is 20.1 Å². The maximum Gasteiger partial charge on any atom is 0.346 e. The summed E-state index contributed by atoms with van der Waals surface area (Å²) in [6.45, 7) is 0. The number of hydrogen-bond acceptors (Lipinski definition) is 5. The lowest BCUT2D eigenvalue weighted by molar-refractivity contribution is 0.459. The summed E-state index contributed by atoms with van der Waals surface area (Å²) >= 11 is 0. The first-order valence-electron chi connectivity index (χ1n) is 5.51. The van der Waals surface area contributed by atoms with Crippen LogP contribution in [0.3, 0.4) is 0 Å². The Labute approximate surface area is 106 Å². The molecule has 0 amide bonds. The molecule has 0 aliphatic rings. The fourth-order valence-corrected chi connectivity index (χ4v) is 1.74. The van der Waals surface area contributed by atoms with Crippen molar-refractivity contribution >= 4 is 22.4 Å². The number of nitrogens with zero attached hydrogens (tertiary/aromatic N) is 3. The molecule has 3 N–H and O–H groups in total. The van der Waals surface area contributed by atoms with Crippen molar-refractivity contribution in [3.8, 4) is 5.88 Å². The van der Waals surface area contributed by atoms with Gasteiger partial charge < -0.3 is 10.1 Å². The van der Waals surface area contributed by atoms with E-state index in [1.165, 1.54) is 12.3 Å². The van der Waals surface area contributed by atoms with Gasteiger partial charge in [-0.3, -0.25) is 4.98 Å². The van der Waals surface area contributed by atoms with Gasteiger partial charge in [0.1, 0.15) is 0 Å². The van der Waals surface area contributed by atoms with Crippen LogP contribution in [-0.2, 0) is 0 Å². The molecule has 0 fully saturated rings. The van der Waals surface area contributed by atoms with E-state index in [1.54, 1.807) is 0 Å². The van der Waals surface area contributed by atoms with Crippen LogP contribution in [0.5, 0.6) is 5.88 Å². The number of benzene rings is 1. The molecule has 0 aliphatic heterocycles. The smallest absolute Gasteiger partial charge is 0.346 e. The number of fused-ring (bicyclic) bond motifs is 1. The zero-order valence-electron chi connectivity index (χ0n) is 9.66. The number of aromatic hydroxyl groups is 1. The Balaban J connectivity index is 2.06. The monoisotopic (exact) mass is 255 g/mol. The summed E-state index contributed by atoms with van der Waals surface area (Å²) < 4.78 is 0. The van der Waals surface area contributed by atoms with Gasteiger partial charge in [-0.05, 0) is 6.07 Å². The van der Waals surface area contributed by atoms with Crippen LogP contribution < -0.4 is 5.69 Å². The number of aromatic nitrogens is 3. The van der Waals surface area contributed by atoms with Crippen molar-refractivity contribution in [2.75, 3.05) is 0 Å². The predicted molar refractivity (Wildman–Crippen MR) is 69.0 cm³/mol. The second kappa shape index (κ2) is 4.37. The van der Waals surface area contributed by atoms with E-state index in [4.69, 9.17) is 0 Å². The van der Waals surface area contributed by atoms with Gasteiger partial charge in [0.25, 0.3) is 0 Å². The largest absolute Gasteiger partial charge is 0.493 e. The lowest BCUT2D eigenvalue weighted by Gasteiger charge is -1.92. The number of rotatable bonds is 2. The van der Waals surface area contributed by atoms with Crippen LogP contribution >= 0.6 is 0 Å². The molecule has 0 unspecified atom stereocenters. The quantitative estimate of drug-likeness (QED) is 0.612. The van der Waals surface area contributed by atoms with E-state index in [-0.39, 0.29) is 11.7 Å².